The highest BCUT2D eigenvalue weighted by Crippen LogP contribution is 2.13. The van der Waals surface area contributed by atoms with Gasteiger partial charge in [0.15, 0.2) is 0 Å². The van der Waals surface area contributed by atoms with Crippen molar-refractivity contribution in [3.8, 4) is 0 Å². The molecule has 0 spiro atoms. The van der Waals surface area contributed by atoms with Gasteiger partial charge in [0.1, 0.15) is 5.01 Å². The van der Waals surface area contributed by atoms with E-state index >= 15 is 0 Å². The van der Waals surface area contributed by atoms with Gasteiger partial charge in [0, 0.05) is 25.0 Å². The van der Waals surface area contributed by atoms with Crippen LogP contribution in [0.15, 0.2) is 5.38 Å². The van der Waals surface area contributed by atoms with Gasteiger partial charge in [-0.2, -0.15) is 0 Å². The van der Waals surface area contributed by atoms with E-state index in [-0.39, 0.29) is 5.91 Å². The van der Waals surface area contributed by atoms with Crippen molar-refractivity contribution >= 4 is 28.8 Å². The maximum atomic E-state index is 12.3. The largest absolute Gasteiger partial charge is 0.341 e. The zero-order valence-corrected chi connectivity index (χ0v) is 13.4. The number of nitrogens with zero attached hydrogens (tertiary/aromatic N) is 3. The molecule has 1 rings (SSSR count). The molecule has 0 aliphatic rings. The maximum Gasteiger partial charge on any atom is 0.229 e. The third-order valence-corrected chi connectivity index (χ3v) is 3.87. The van der Waals surface area contributed by atoms with Crippen molar-refractivity contribution in [3.05, 3.63) is 16.1 Å². The van der Waals surface area contributed by atoms with Gasteiger partial charge < -0.3 is 9.80 Å². The molecule has 1 amide bonds. The predicted molar refractivity (Wildman–Crippen MR) is 80.8 cm³/mol. The summed E-state index contributed by atoms with van der Waals surface area (Å²) < 4.78 is 0. The topological polar surface area (TPSA) is 36.4 Å². The molecule has 0 aromatic carbocycles. The van der Waals surface area contributed by atoms with Crippen LogP contribution in [-0.2, 0) is 17.1 Å². The van der Waals surface area contributed by atoms with Crippen LogP contribution in [0, 0.1) is 0 Å². The summed E-state index contributed by atoms with van der Waals surface area (Å²) in [5.74, 6) is 0.559. The molecule has 19 heavy (non-hydrogen) atoms. The second-order valence-electron chi connectivity index (χ2n) is 4.73. The summed E-state index contributed by atoms with van der Waals surface area (Å²) in [6.07, 6.45) is 1.36. The van der Waals surface area contributed by atoms with Crippen molar-refractivity contribution in [1.82, 2.24) is 14.8 Å². The van der Waals surface area contributed by atoms with E-state index in [0.29, 0.717) is 12.3 Å². The summed E-state index contributed by atoms with van der Waals surface area (Å²) in [6, 6.07) is 0. The molecule has 1 aromatic heterocycles. The Labute approximate surface area is 124 Å². The summed E-state index contributed by atoms with van der Waals surface area (Å²) in [5.41, 5.74) is 0.852. The first-order valence-corrected chi connectivity index (χ1v) is 7.90. The van der Waals surface area contributed by atoms with Crippen molar-refractivity contribution in [3.63, 3.8) is 0 Å². The first kappa shape index (κ1) is 16.4. The summed E-state index contributed by atoms with van der Waals surface area (Å²) in [6.45, 7) is 4.55. The molecular formula is C13H22ClN3OS. The molecule has 4 nitrogen and oxygen atoms in total. The molecule has 0 N–H and O–H groups in total. The number of rotatable bonds is 8. The molecule has 0 atom stereocenters. The number of thiazole rings is 1. The van der Waals surface area contributed by atoms with E-state index in [9.17, 15) is 4.79 Å². The zero-order valence-electron chi connectivity index (χ0n) is 11.9. The van der Waals surface area contributed by atoms with Gasteiger partial charge in [-0.3, -0.25) is 4.79 Å². The predicted octanol–water partition coefficient (Wildman–Crippen LogP) is 2.22. The first-order valence-electron chi connectivity index (χ1n) is 6.48. The molecule has 0 bridgehead atoms. The normalized spacial score (nSPS) is 11.0. The third kappa shape index (κ3) is 5.89. The lowest BCUT2D eigenvalue weighted by Gasteiger charge is -2.23. The summed E-state index contributed by atoms with van der Waals surface area (Å²) in [4.78, 5) is 20.6. The minimum atomic E-state index is 0.152. The Bertz CT molecular complexity index is 395. The molecule has 0 saturated heterocycles. The number of carbonyl (C=O) groups is 1. The molecule has 0 fully saturated rings. The SMILES string of the molecule is CCCN(CCN(C)C)C(=O)Cc1nc(CCl)cs1. The fraction of sp³-hybridized carbons (Fsp3) is 0.692. The Morgan fingerprint density at radius 2 is 2.11 bits per heavy atom. The monoisotopic (exact) mass is 303 g/mol. The Balaban J connectivity index is 2.55. The van der Waals surface area contributed by atoms with Crippen LogP contribution >= 0.6 is 22.9 Å². The van der Waals surface area contributed by atoms with Gasteiger partial charge in [0.05, 0.1) is 18.0 Å². The summed E-state index contributed by atoms with van der Waals surface area (Å²) >= 11 is 7.23. The van der Waals surface area contributed by atoms with Gasteiger partial charge in [-0.15, -0.1) is 22.9 Å². The minimum absolute atomic E-state index is 0.152. The van der Waals surface area contributed by atoms with Gasteiger partial charge in [-0.25, -0.2) is 4.98 Å². The van der Waals surface area contributed by atoms with Gasteiger partial charge in [-0.05, 0) is 20.5 Å². The molecule has 1 aromatic rings. The van der Waals surface area contributed by atoms with Crippen molar-refractivity contribution in [1.29, 1.82) is 0 Å². The van der Waals surface area contributed by atoms with Crippen LogP contribution in [0.2, 0.25) is 0 Å². The van der Waals surface area contributed by atoms with Crippen LogP contribution in [0.4, 0.5) is 0 Å². The first-order chi connectivity index (χ1) is 9.06. The van der Waals surface area contributed by atoms with E-state index in [1.807, 2.05) is 24.4 Å². The molecular weight excluding hydrogens is 282 g/mol. The highest BCUT2D eigenvalue weighted by Gasteiger charge is 2.15. The van der Waals surface area contributed by atoms with E-state index < -0.39 is 0 Å². The Morgan fingerprint density at radius 1 is 1.37 bits per heavy atom. The Kier molecular flexibility index (Phi) is 7.34. The fourth-order valence-electron chi connectivity index (χ4n) is 1.68. The molecule has 0 aliphatic carbocycles. The molecule has 1 heterocycles. The highest BCUT2D eigenvalue weighted by atomic mass is 35.5. The van der Waals surface area contributed by atoms with E-state index in [4.69, 9.17) is 11.6 Å². The number of hydrogen-bond acceptors (Lipinski definition) is 4. The Hall–Kier alpha value is -0.650. The van der Waals surface area contributed by atoms with Crippen LogP contribution in [-0.4, -0.2) is 54.4 Å². The van der Waals surface area contributed by atoms with E-state index in [2.05, 4.69) is 16.8 Å². The molecule has 0 radical (unpaired) electrons. The van der Waals surface area contributed by atoms with Gasteiger partial charge >= 0.3 is 0 Å². The number of carbonyl (C=O) groups excluding carboxylic acids is 1. The quantitative estimate of drug-likeness (QED) is 0.691. The van der Waals surface area contributed by atoms with Crippen LogP contribution in [0.25, 0.3) is 0 Å². The number of alkyl halides is 1. The molecule has 0 saturated carbocycles. The molecule has 0 aliphatic heterocycles. The van der Waals surface area contributed by atoms with Gasteiger partial charge in [0.25, 0.3) is 0 Å². The number of aromatic nitrogens is 1. The fourth-order valence-corrected chi connectivity index (χ4v) is 2.70. The molecule has 0 unspecified atom stereocenters. The van der Waals surface area contributed by atoms with E-state index in [1.54, 1.807) is 0 Å². The number of hydrogen-bond donors (Lipinski definition) is 0. The summed E-state index contributed by atoms with van der Waals surface area (Å²) in [5, 5.41) is 2.77. The van der Waals surface area contributed by atoms with Gasteiger partial charge in [-0.1, -0.05) is 6.92 Å². The summed E-state index contributed by atoms with van der Waals surface area (Å²) in [7, 11) is 4.03. The maximum absolute atomic E-state index is 12.3. The lowest BCUT2D eigenvalue weighted by atomic mass is 10.3. The van der Waals surface area contributed by atoms with Crippen molar-refractivity contribution in [2.45, 2.75) is 25.6 Å². The van der Waals surface area contributed by atoms with Crippen LogP contribution < -0.4 is 0 Å². The van der Waals surface area contributed by atoms with Crippen LogP contribution in [0.5, 0.6) is 0 Å². The molecule has 6 heteroatoms. The van der Waals surface area contributed by atoms with Gasteiger partial charge in [0.2, 0.25) is 5.91 Å². The average Bonchev–Trinajstić information content (AvgIpc) is 2.81. The average molecular weight is 304 g/mol. The van der Waals surface area contributed by atoms with E-state index in [0.717, 1.165) is 36.8 Å². The Morgan fingerprint density at radius 3 is 2.63 bits per heavy atom. The third-order valence-electron chi connectivity index (χ3n) is 2.70. The van der Waals surface area contributed by atoms with Crippen molar-refractivity contribution in [2.24, 2.45) is 0 Å². The standard InChI is InChI=1S/C13H22ClN3OS/c1-4-5-17(7-6-16(2)3)13(18)8-12-15-11(9-14)10-19-12/h10H,4-9H2,1-3H3. The molecule has 108 valence electrons. The minimum Gasteiger partial charge on any atom is -0.341 e. The number of amides is 1. The van der Waals surface area contributed by atoms with Crippen molar-refractivity contribution < 1.29 is 4.79 Å². The number of likely N-dealkylation sites (N-methyl/N-ethyl adjacent to an activating group) is 1. The van der Waals surface area contributed by atoms with Crippen LogP contribution in [0.1, 0.15) is 24.0 Å². The van der Waals surface area contributed by atoms with Crippen molar-refractivity contribution in [2.75, 3.05) is 33.7 Å². The zero-order chi connectivity index (χ0) is 14.3. The van der Waals surface area contributed by atoms with Crippen LogP contribution in [0.3, 0.4) is 0 Å². The smallest absolute Gasteiger partial charge is 0.229 e. The van der Waals surface area contributed by atoms with E-state index in [1.165, 1.54) is 11.3 Å². The highest BCUT2D eigenvalue weighted by molar-refractivity contribution is 7.09. The second kappa shape index (κ2) is 8.51. The lowest BCUT2D eigenvalue weighted by Crippen LogP contribution is -2.38. The second-order valence-corrected chi connectivity index (χ2v) is 5.94. The number of halogens is 1. The lowest BCUT2D eigenvalue weighted by molar-refractivity contribution is -0.130.